The SMILES string of the molecule is CCc1cc(Cl)ccc1OS(=O)(=O)C(F)(F)F. The van der Waals surface area contributed by atoms with E-state index in [-0.39, 0.29) is 11.3 Å². The normalized spacial score (nSPS) is 12.5. The van der Waals surface area contributed by atoms with Crippen molar-refractivity contribution in [2.45, 2.75) is 18.9 Å². The summed E-state index contributed by atoms with van der Waals surface area (Å²) in [5, 5.41) is 0.290. The van der Waals surface area contributed by atoms with E-state index < -0.39 is 15.6 Å². The molecular formula is C9H8ClF3O3S. The molecule has 0 aliphatic rings. The Balaban J connectivity index is 3.13. The van der Waals surface area contributed by atoms with Gasteiger partial charge in [-0.1, -0.05) is 18.5 Å². The van der Waals surface area contributed by atoms with E-state index in [4.69, 9.17) is 11.6 Å². The van der Waals surface area contributed by atoms with Crippen LogP contribution in [-0.4, -0.2) is 13.9 Å². The van der Waals surface area contributed by atoms with Crippen LogP contribution in [0, 0.1) is 0 Å². The summed E-state index contributed by atoms with van der Waals surface area (Å²) >= 11 is 5.63. The van der Waals surface area contributed by atoms with Crippen molar-refractivity contribution in [3.63, 3.8) is 0 Å². The maximum atomic E-state index is 12.1. The van der Waals surface area contributed by atoms with Gasteiger partial charge >= 0.3 is 15.6 Å². The predicted octanol–water partition coefficient (Wildman–Crippen LogP) is 3.13. The molecule has 96 valence electrons. The molecule has 0 spiro atoms. The largest absolute Gasteiger partial charge is 0.534 e. The van der Waals surface area contributed by atoms with Crippen molar-refractivity contribution in [3.05, 3.63) is 28.8 Å². The highest BCUT2D eigenvalue weighted by molar-refractivity contribution is 7.88. The standard InChI is InChI=1S/C9H8ClF3O3S/c1-2-6-5-7(10)3-4-8(6)16-17(14,15)9(11,12)13/h3-5H,2H2,1H3. The highest BCUT2D eigenvalue weighted by Gasteiger charge is 2.48. The fourth-order valence-corrected chi connectivity index (χ4v) is 1.76. The van der Waals surface area contributed by atoms with Crippen molar-refractivity contribution in [1.82, 2.24) is 0 Å². The lowest BCUT2D eigenvalue weighted by Crippen LogP contribution is -2.28. The molecule has 1 aromatic carbocycles. The molecule has 17 heavy (non-hydrogen) atoms. The molecule has 0 unspecified atom stereocenters. The van der Waals surface area contributed by atoms with E-state index in [2.05, 4.69) is 4.18 Å². The Bertz CT molecular complexity index is 511. The summed E-state index contributed by atoms with van der Waals surface area (Å²) in [6.07, 6.45) is 0.295. The van der Waals surface area contributed by atoms with E-state index in [0.717, 1.165) is 6.07 Å². The van der Waals surface area contributed by atoms with Gasteiger partial charge in [0, 0.05) is 5.02 Å². The molecule has 0 atom stereocenters. The molecule has 0 radical (unpaired) electrons. The number of benzene rings is 1. The number of hydrogen-bond donors (Lipinski definition) is 0. The summed E-state index contributed by atoms with van der Waals surface area (Å²) in [5.41, 5.74) is -5.16. The summed E-state index contributed by atoms with van der Waals surface area (Å²) in [6.45, 7) is 1.64. The molecule has 0 N–H and O–H groups in total. The van der Waals surface area contributed by atoms with Crippen LogP contribution in [0.25, 0.3) is 0 Å². The van der Waals surface area contributed by atoms with Crippen LogP contribution in [0.3, 0.4) is 0 Å². The first-order chi connectivity index (χ1) is 7.67. The summed E-state index contributed by atoms with van der Waals surface area (Å²) in [6, 6.07) is 3.69. The van der Waals surface area contributed by atoms with E-state index in [1.807, 2.05) is 0 Å². The van der Waals surface area contributed by atoms with Crippen LogP contribution in [0.5, 0.6) is 5.75 Å². The lowest BCUT2D eigenvalue weighted by molar-refractivity contribution is -0.0500. The second kappa shape index (κ2) is 4.73. The fraction of sp³-hybridized carbons (Fsp3) is 0.333. The molecule has 0 aliphatic carbocycles. The van der Waals surface area contributed by atoms with E-state index in [9.17, 15) is 21.6 Å². The molecule has 0 fully saturated rings. The molecule has 1 rings (SSSR count). The minimum Gasteiger partial charge on any atom is -0.376 e. The lowest BCUT2D eigenvalue weighted by Gasteiger charge is -2.12. The smallest absolute Gasteiger partial charge is 0.376 e. The highest BCUT2D eigenvalue weighted by Crippen LogP contribution is 2.30. The minimum atomic E-state index is -5.64. The molecule has 0 heterocycles. The third-order valence-corrected chi connectivity index (χ3v) is 3.09. The molecule has 8 heteroatoms. The second-order valence-electron chi connectivity index (χ2n) is 3.09. The summed E-state index contributed by atoms with van der Waals surface area (Å²) in [7, 11) is -5.64. The van der Waals surface area contributed by atoms with Crippen molar-refractivity contribution in [2.24, 2.45) is 0 Å². The second-order valence-corrected chi connectivity index (χ2v) is 5.06. The van der Waals surface area contributed by atoms with Crippen LogP contribution in [-0.2, 0) is 16.5 Å². The molecule has 1 aromatic rings. The Hall–Kier alpha value is -0.950. The van der Waals surface area contributed by atoms with Gasteiger partial charge in [-0.05, 0) is 30.2 Å². The van der Waals surface area contributed by atoms with Gasteiger partial charge in [0.15, 0.2) is 0 Å². The van der Waals surface area contributed by atoms with Crippen LogP contribution in [0.15, 0.2) is 18.2 Å². The highest BCUT2D eigenvalue weighted by atomic mass is 35.5. The molecule has 0 saturated carbocycles. The average Bonchev–Trinajstić information content (AvgIpc) is 2.18. The van der Waals surface area contributed by atoms with E-state index in [0.29, 0.717) is 11.4 Å². The van der Waals surface area contributed by atoms with Gasteiger partial charge in [0.1, 0.15) is 5.75 Å². The van der Waals surface area contributed by atoms with Gasteiger partial charge in [-0.2, -0.15) is 21.6 Å². The number of alkyl halides is 3. The zero-order valence-electron chi connectivity index (χ0n) is 8.58. The predicted molar refractivity (Wildman–Crippen MR) is 56.4 cm³/mol. The van der Waals surface area contributed by atoms with Gasteiger partial charge in [0.25, 0.3) is 0 Å². The number of aryl methyl sites for hydroxylation is 1. The molecule has 0 bridgehead atoms. The van der Waals surface area contributed by atoms with Crippen molar-refractivity contribution in [1.29, 1.82) is 0 Å². The Kier molecular flexibility index (Phi) is 3.93. The molecule has 0 aromatic heterocycles. The monoisotopic (exact) mass is 288 g/mol. The van der Waals surface area contributed by atoms with Gasteiger partial charge in [-0.15, -0.1) is 0 Å². The van der Waals surface area contributed by atoms with Crippen LogP contribution >= 0.6 is 11.6 Å². The minimum absolute atomic E-state index is 0.283. The zero-order valence-corrected chi connectivity index (χ0v) is 10.2. The average molecular weight is 289 g/mol. The first-order valence-electron chi connectivity index (χ1n) is 4.46. The van der Waals surface area contributed by atoms with E-state index in [1.165, 1.54) is 12.1 Å². The quantitative estimate of drug-likeness (QED) is 0.634. The number of rotatable bonds is 3. The Labute approximate surface area is 101 Å². The van der Waals surface area contributed by atoms with E-state index >= 15 is 0 Å². The van der Waals surface area contributed by atoms with Crippen LogP contribution in [0.2, 0.25) is 5.02 Å². The van der Waals surface area contributed by atoms with Crippen molar-refractivity contribution < 1.29 is 25.8 Å². The Morgan fingerprint density at radius 2 is 1.94 bits per heavy atom. The van der Waals surface area contributed by atoms with Gasteiger partial charge in [-0.3, -0.25) is 0 Å². The van der Waals surface area contributed by atoms with Crippen LogP contribution in [0.1, 0.15) is 12.5 Å². The molecule has 0 aliphatic heterocycles. The Morgan fingerprint density at radius 3 is 2.41 bits per heavy atom. The number of halogens is 4. The first-order valence-corrected chi connectivity index (χ1v) is 6.25. The topological polar surface area (TPSA) is 43.4 Å². The summed E-state index contributed by atoms with van der Waals surface area (Å²) < 4.78 is 61.9. The molecule has 0 amide bonds. The van der Waals surface area contributed by atoms with Crippen LogP contribution in [0.4, 0.5) is 13.2 Å². The zero-order chi connectivity index (χ0) is 13.3. The van der Waals surface area contributed by atoms with Gasteiger partial charge < -0.3 is 4.18 Å². The molecular weight excluding hydrogens is 281 g/mol. The van der Waals surface area contributed by atoms with Crippen LogP contribution < -0.4 is 4.18 Å². The summed E-state index contributed by atoms with van der Waals surface area (Å²) in [4.78, 5) is 0. The van der Waals surface area contributed by atoms with Crippen molar-refractivity contribution >= 4 is 21.7 Å². The molecule has 3 nitrogen and oxygen atoms in total. The van der Waals surface area contributed by atoms with E-state index in [1.54, 1.807) is 6.92 Å². The third kappa shape index (κ3) is 3.26. The third-order valence-electron chi connectivity index (χ3n) is 1.89. The van der Waals surface area contributed by atoms with Crippen molar-refractivity contribution in [3.8, 4) is 5.75 Å². The number of hydrogen-bond acceptors (Lipinski definition) is 3. The van der Waals surface area contributed by atoms with Gasteiger partial charge in [0.05, 0.1) is 0 Å². The van der Waals surface area contributed by atoms with Crippen molar-refractivity contribution in [2.75, 3.05) is 0 Å². The molecule has 0 saturated heterocycles. The maximum Gasteiger partial charge on any atom is 0.534 e. The first kappa shape index (κ1) is 14.1. The van der Waals surface area contributed by atoms with Gasteiger partial charge in [-0.25, -0.2) is 0 Å². The fourth-order valence-electron chi connectivity index (χ4n) is 1.07. The lowest BCUT2D eigenvalue weighted by atomic mass is 10.1. The maximum absolute atomic E-state index is 12.1. The van der Waals surface area contributed by atoms with Gasteiger partial charge in [0.2, 0.25) is 0 Å². The Morgan fingerprint density at radius 1 is 1.35 bits per heavy atom. The summed E-state index contributed by atoms with van der Waals surface area (Å²) in [5.74, 6) is -0.366.